The van der Waals surface area contributed by atoms with Crippen LogP contribution in [0.3, 0.4) is 0 Å². The van der Waals surface area contributed by atoms with Gasteiger partial charge in [0.25, 0.3) is 0 Å². The Hall–Kier alpha value is -3.68. The van der Waals surface area contributed by atoms with Gasteiger partial charge in [0.2, 0.25) is 0 Å². The second-order valence-corrected chi connectivity index (χ2v) is 14.6. The van der Waals surface area contributed by atoms with Gasteiger partial charge in [0.15, 0.2) is 0 Å². The van der Waals surface area contributed by atoms with E-state index in [1.54, 1.807) is 24.3 Å². The number of ether oxygens (including phenoxy) is 2. The quantitative estimate of drug-likeness (QED) is 0.119. The summed E-state index contributed by atoms with van der Waals surface area (Å²) < 4.78 is 10.6. The SMILES string of the molecule is CC(C)CC(C)c1ccc(C(=O)O)c(C(=O)O)c1C(C)CC(C)C.CC(C)CCCOC(=O)c1ccccc1C(=O)OCCCC(C)C. The molecule has 2 atom stereocenters. The lowest BCUT2D eigenvalue weighted by atomic mass is 9.78. The Morgan fingerprint density at radius 3 is 1.38 bits per heavy atom. The molecule has 268 valence electrons. The molecule has 0 aliphatic carbocycles. The third-order valence-corrected chi connectivity index (χ3v) is 8.08. The van der Waals surface area contributed by atoms with Crippen LogP contribution in [-0.2, 0) is 9.47 Å². The zero-order valence-electron chi connectivity index (χ0n) is 30.9. The van der Waals surface area contributed by atoms with Crippen molar-refractivity contribution in [1.82, 2.24) is 0 Å². The number of aromatic carboxylic acids is 2. The van der Waals surface area contributed by atoms with Crippen molar-refractivity contribution >= 4 is 23.9 Å². The van der Waals surface area contributed by atoms with Crippen molar-refractivity contribution in [2.75, 3.05) is 13.2 Å². The van der Waals surface area contributed by atoms with Crippen LogP contribution in [0.2, 0.25) is 0 Å². The van der Waals surface area contributed by atoms with Crippen LogP contribution in [0.5, 0.6) is 0 Å². The molecule has 2 N–H and O–H groups in total. The van der Waals surface area contributed by atoms with Gasteiger partial charge < -0.3 is 19.7 Å². The molecular formula is C40H60O8. The second kappa shape index (κ2) is 21.3. The standard InChI is InChI=1S/2C20H30O4/c1-11(2)9-13(5)15-7-8-16(19(21)22)18(20(23)24)17(15)14(6)10-12(3)4;1-15(2)9-7-13-23-19(21)17-11-5-6-12-18(17)20(22)24-14-8-10-16(3)4/h7-8,11-14H,9-10H2,1-6H3,(H,21,22)(H,23,24);5-6,11-12,15-16H,7-10,13-14H2,1-4H3. The zero-order valence-corrected chi connectivity index (χ0v) is 30.9. The first kappa shape index (κ1) is 42.3. The third-order valence-electron chi connectivity index (χ3n) is 8.08. The summed E-state index contributed by atoms with van der Waals surface area (Å²) in [5.74, 6) is -1.03. The van der Waals surface area contributed by atoms with Gasteiger partial charge in [-0.2, -0.15) is 0 Å². The molecule has 0 aromatic heterocycles. The van der Waals surface area contributed by atoms with Crippen molar-refractivity contribution in [3.8, 4) is 0 Å². The normalized spacial score (nSPS) is 12.5. The van der Waals surface area contributed by atoms with E-state index in [0.717, 1.165) is 44.1 Å². The molecule has 0 fully saturated rings. The summed E-state index contributed by atoms with van der Waals surface area (Å²) in [6, 6.07) is 9.92. The molecule has 0 spiro atoms. The molecule has 0 radical (unpaired) electrons. The van der Waals surface area contributed by atoms with Crippen LogP contribution in [0, 0.1) is 23.7 Å². The smallest absolute Gasteiger partial charge is 0.339 e. The maximum atomic E-state index is 12.2. The highest BCUT2D eigenvalue weighted by atomic mass is 16.5. The largest absolute Gasteiger partial charge is 0.478 e. The lowest BCUT2D eigenvalue weighted by Crippen LogP contribution is -2.17. The predicted molar refractivity (Wildman–Crippen MR) is 191 cm³/mol. The average molecular weight is 669 g/mol. The first-order valence-electron chi connectivity index (χ1n) is 17.5. The number of carbonyl (C=O) groups is 4. The van der Waals surface area contributed by atoms with Crippen LogP contribution in [-0.4, -0.2) is 47.3 Å². The highest BCUT2D eigenvalue weighted by molar-refractivity contribution is 6.04. The second-order valence-electron chi connectivity index (χ2n) is 14.6. The summed E-state index contributed by atoms with van der Waals surface area (Å²) in [7, 11) is 0. The Morgan fingerprint density at radius 2 is 1.00 bits per heavy atom. The molecule has 0 heterocycles. The number of hydrogen-bond donors (Lipinski definition) is 2. The monoisotopic (exact) mass is 668 g/mol. The van der Waals surface area contributed by atoms with E-state index in [1.807, 2.05) is 13.0 Å². The highest BCUT2D eigenvalue weighted by Gasteiger charge is 2.28. The third kappa shape index (κ3) is 14.6. The van der Waals surface area contributed by atoms with E-state index in [9.17, 15) is 29.4 Å². The first-order valence-corrected chi connectivity index (χ1v) is 17.5. The zero-order chi connectivity index (χ0) is 36.6. The van der Waals surface area contributed by atoms with E-state index in [1.165, 1.54) is 6.07 Å². The van der Waals surface area contributed by atoms with Crippen molar-refractivity contribution in [3.63, 3.8) is 0 Å². The Kier molecular flexibility index (Phi) is 18.8. The fraction of sp³-hybridized carbons (Fsp3) is 0.600. The molecule has 2 aromatic rings. The van der Waals surface area contributed by atoms with E-state index in [2.05, 4.69) is 62.3 Å². The summed E-state index contributed by atoms with van der Waals surface area (Å²) in [5, 5.41) is 19.1. The number of carboxylic acids is 2. The minimum absolute atomic E-state index is 0.0000113. The van der Waals surface area contributed by atoms with Crippen LogP contribution in [0.1, 0.15) is 172 Å². The van der Waals surface area contributed by atoms with Gasteiger partial charge in [-0.15, -0.1) is 0 Å². The lowest BCUT2D eigenvalue weighted by Gasteiger charge is -2.25. The Balaban J connectivity index is 0.000000480. The van der Waals surface area contributed by atoms with Gasteiger partial charge in [0, 0.05) is 0 Å². The summed E-state index contributed by atoms with van der Waals surface area (Å²) >= 11 is 0. The summed E-state index contributed by atoms with van der Waals surface area (Å²) in [6.07, 6.45) is 5.42. The van der Waals surface area contributed by atoms with Gasteiger partial charge in [-0.1, -0.05) is 87.4 Å². The topological polar surface area (TPSA) is 127 Å². The molecular weight excluding hydrogens is 608 g/mol. The first-order chi connectivity index (χ1) is 22.5. The summed E-state index contributed by atoms with van der Waals surface area (Å²) in [5.41, 5.74) is 2.06. The van der Waals surface area contributed by atoms with Crippen LogP contribution < -0.4 is 0 Å². The minimum atomic E-state index is -1.19. The molecule has 0 amide bonds. The Morgan fingerprint density at radius 1 is 0.562 bits per heavy atom. The van der Waals surface area contributed by atoms with E-state index in [0.29, 0.717) is 42.4 Å². The van der Waals surface area contributed by atoms with Crippen LogP contribution >= 0.6 is 0 Å². The van der Waals surface area contributed by atoms with Crippen LogP contribution in [0.4, 0.5) is 0 Å². The number of hydrogen-bond acceptors (Lipinski definition) is 6. The highest BCUT2D eigenvalue weighted by Crippen LogP contribution is 2.37. The summed E-state index contributed by atoms with van der Waals surface area (Å²) in [6.45, 7) is 21.8. The molecule has 0 aliphatic rings. The number of rotatable bonds is 18. The summed E-state index contributed by atoms with van der Waals surface area (Å²) in [4.78, 5) is 47.8. The average Bonchev–Trinajstić information content (AvgIpc) is 2.99. The molecule has 2 unspecified atom stereocenters. The fourth-order valence-corrected chi connectivity index (χ4v) is 5.97. The molecule has 48 heavy (non-hydrogen) atoms. The van der Waals surface area contributed by atoms with Crippen molar-refractivity contribution in [2.45, 2.75) is 120 Å². The molecule has 0 aliphatic heterocycles. The van der Waals surface area contributed by atoms with Crippen molar-refractivity contribution in [3.05, 3.63) is 69.8 Å². The van der Waals surface area contributed by atoms with Crippen molar-refractivity contribution < 1.29 is 38.9 Å². The number of esters is 2. The van der Waals surface area contributed by atoms with E-state index < -0.39 is 23.9 Å². The maximum Gasteiger partial charge on any atom is 0.339 e. The van der Waals surface area contributed by atoms with Crippen LogP contribution in [0.15, 0.2) is 36.4 Å². The molecule has 0 bridgehead atoms. The van der Waals surface area contributed by atoms with Gasteiger partial charge in [-0.25, -0.2) is 19.2 Å². The van der Waals surface area contributed by atoms with Gasteiger partial charge in [0.05, 0.1) is 35.5 Å². The molecule has 8 heteroatoms. The molecule has 0 saturated heterocycles. The van der Waals surface area contributed by atoms with Gasteiger partial charge in [-0.3, -0.25) is 0 Å². The Labute approximate surface area is 288 Å². The molecule has 8 nitrogen and oxygen atoms in total. The van der Waals surface area contributed by atoms with E-state index in [-0.39, 0.29) is 34.1 Å². The lowest BCUT2D eigenvalue weighted by molar-refractivity contribution is 0.0447. The fourth-order valence-electron chi connectivity index (χ4n) is 5.97. The van der Waals surface area contributed by atoms with E-state index in [4.69, 9.17) is 9.47 Å². The molecule has 2 rings (SSSR count). The predicted octanol–water partition coefficient (Wildman–Crippen LogP) is 10.3. The van der Waals surface area contributed by atoms with Crippen molar-refractivity contribution in [1.29, 1.82) is 0 Å². The van der Waals surface area contributed by atoms with Crippen LogP contribution in [0.25, 0.3) is 0 Å². The van der Waals surface area contributed by atoms with Gasteiger partial charge >= 0.3 is 23.9 Å². The molecule has 0 saturated carbocycles. The maximum absolute atomic E-state index is 12.2. The number of carboxylic acid groups (broad SMARTS) is 2. The van der Waals surface area contributed by atoms with E-state index >= 15 is 0 Å². The van der Waals surface area contributed by atoms with Gasteiger partial charge in [0.1, 0.15) is 0 Å². The Bertz CT molecular complexity index is 1280. The van der Waals surface area contributed by atoms with Gasteiger partial charge in [-0.05, 0) is 103 Å². The van der Waals surface area contributed by atoms with Crippen molar-refractivity contribution in [2.24, 2.45) is 23.7 Å². The minimum Gasteiger partial charge on any atom is -0.478 e. The molecule has 2 aromatic carbocycles. The number of carbonyl (C=O) groups excluding carboxylic acids is 2. The number of benzene rings is 2.